The van der Waals surface area contributed by atoms with Gasteiger partial charge in [-0.1, -0.05) is 13.8 Å². The summed E-state index contributed by atoms with van der Waals surface area (Å²) in [6, 6.07) is 1.44. The Labute approximate surface area is 94.4 Å². The van der Waals surface area contributed by atoms with E-state index in [1.165, 1.54) is 45.2 Å². The lowest BCUT2D eigenvalue weighted by Gasteiger charge is -2.38. The summed E-state index contributed by atoms with van der Waals surface area (Å²) in [5.74, 6) is 0. The van der Waals surface area contributed by atoms with Gasteiger partial charge in [0.15, 0.2) is 0 Å². The minimum atomic E-state index is 0.648. The normalized spacial score (nSPS) is 38.0. The lowest BCUT2D eigenvalue weighted by Crippen LogP contribution is -2.41. The summed E-state index contributed by atoms with van der Waals surface area (Å²) < 4.78 is 0. The molecule has 1 N–H and O–H groups in total. The first-order valence-electron chi connectivity index (χ1n) is 6.54. The number of nitrogens with zero attached hydrogens (tertiary/aromatic N) is 1. The molecule has 2 heteroatoms. The quantitative estimate of drug-likeness (QED) is 0.752. The van der Waals surface area contributed by atoms with Crippen LogP contribution < -0.4 is 5.32 Å². The first-order valence-corrected chi connectivity index (χ1v) is 6.54. The first-order chi connectivity index (χ1) is 7.10. The van der Waals surface area contributed by atoms with E-state index in [0.717, 1.165) is 6.04 Å². The van der Waals surface area contributed by atoms with Gasteiger partial charge in [-0.3, -0.25) is 0 Å². The van der Waals surface area contributed by atoms with Gasteiger partial charge < -0.3 is 10.2 Å². The summed E-state index contributed by atoms with van der Waals surface area (Å²) in [5, 5.41) is 3.69. The third-order valence-corrected chi connectivity index (χ3v) is 4.24. The monoisotopic (exact) mass is 210 g/mol. The maximum atomic E-state index is 3.69. The minimum absolute atomic E-state index is 0.648. The highest BCUT2D eigenvalue weighted by atomic mass is 15.1. The largest absolute Gasteiger partial charge is 0.312 e. The van der Waals surface area contributed by atoms with E-state index in [-0.39, 0.29) is 0 Å². The van der Waals surface area contributed by atoms with Crippen molar-refractivity contribution in [1.29, 1.82) is 0 Å². The Balaban J connectivity index is 1.81. The second-order valence-electron chi connectivity index (χ2n) is 6.08. The minimum Gasteiger partial charge on any atom is -0.312 e. The number of hydrogen-bond donors (Lipinski definition) is 1. The molecule has 2 nitrogen and oxygen atoms in total. The number of nitrogens with one attached hydrogen (secondary N) is 1. The van der Waals surface area contributed by atoms with Crippen molar-refractivity contribution in [3.05, 3.63) is 0 Å². The second kappa shape index (κ2) is 4.42. The van der Waals surface area contributed by atoms with Crippen LogP contribution in [0.25, 0.3) is 0 Å². The van der Waals surface area contributed by atoms with Crippen molar-refractivity contribution in [3.8, 4) is 0 Å². The predicted molar refractivity (Wildman–Crippen MR) is 65.1 cm³/mol. The Kier molecular flexibility index (Phi) is 3.36. The fourth-order valence-corrected chi connectivity index (χ4v) is 3.44. The van der Waals surface area contributed by atoms with Crippen LogP contribution in [0.15, 0.2) is 0 Å². The van der Waals surface area contributed by atoms with Gasteiger partial charge in [-0.2, -0.15) is 0 Å². The molecule has 15 heavy (non-hydrogen) atoms. The van der Waals surface area contributed by atoms with Crippen LogP contribution in [0.4, 0.5) is 0 Å². The summed E-state index contributed by atoms with van der Waals surface area (Å²) in [5.41, 5.74) is 0.698. The Hall–Kier alpha value is -0.0800. The summed E-state index contributed by atoms with van der Waals surface area (Å²) in [7, 11) is 2.27. The third-order valence-electron chi connectivity index (χ3n) is 4.24. The summed E-state index contributed by atoms with van der Waals surface area (Å²) >= 11 is 0. The molecule has 88 valence electrons. The zero-order valence-corrected chi connectivity index (χ0v) is 10.6. The van der Waals surface area contributed by atoms with Crippen molar-refractivity contribution in [2.45, 2.75) is 58.0 Å². The fourth-order valence-electron chi connectivity index (χ4n) is 3.44. The highest BCUT2D eigenvalue weighted by Crippen LogP contribution is 2.43. The van der Waals surface area contributed by atoms with E-state index in [9.17, 15) is 0 Å². The van der Waals surface area contributed by atoms with Crippen molar-refractivity contribution < 1.29 is 0 Å². The van der Waals surface area contributed by atoms with Crippen LogP contribution in [0.1, 0.15) is 46.0 Å². The molecule has 0 aromatic carbocycles. The second-order valence-corrected chi connectivity index (χ2v) is 6.08. The van der Waals surface area contributed by atoms with E-state index < -0.39 is 0 Å². The number of rotatable bonds is 2. The smallest absolute Gasteiger partial charge is 0.00698 e. The molecule has 0 atom stereocenters. The van der Waals surface area contributed by atoms with Gasteiger partial charge in [-0.25, -0.2) is 0 Å². The molecule has 1 aliphatic carbocycles. The Morgan fingerprint density at radius 3 is 2.33 bits per heavy atom. The topological polar surface area (TPSA) is 15.3 Å². The van der Waals surface area contributed by atoms with Gasteiger partial charge in [0.25, 0.3) is 0 Å². The maximum Gasteiger partial charge on any atom is 0.00698 e. The molecule has 2 aliphatic rings. The molecule has 0 aromatic rings. The van der Waals surface area contributed by atoms with Crippen LogP contribution >= 0.6 is 0 Å². The summed E-state index contributed by atoms with van der Waals surface area (Å²) in [4.78, 5) is 2.51. The number of likely N-dealkylation sites (tertiary alicyclic amines) is 1. The molecule has 0 unspecified atom stereocenters. The van der Waals surface area contributed by atoms with Gasteiger partial charge in [0.05, 0.1) is 0 Å². The van der Waals surface area contributed by atoms with Crippen molar-refractivity contribution in [1.82, 2.24) is 10.2 Å². The molecule has 2 fully saturated rings. The zero-order chi connectivity index (χ0) is 10.9. The molecule has 0 aromatic heterocycles. The molecule has 0 bridgehead atoms. The average Bonchev–Trinajstić information content (AvgIpc) is 2.52. The zero-order valence-electron chi connectivity index (χ0n) is 10.6. The Morgan fingerprint density at radius 1 is 1.20 bits per heavy atom. The van der Waals surface area contributed by atoms with Crippen molar-refractivity contribution in [3.63, 3.8) is 0 Å². The molecule has 0 amide bonds. The molecule has 1 heterocycles. The van der Waals surface area contributed by atoms with Gasteiger partial charge in [-0.05, 0) is 51.1 Å². The highest BCUT2D eigenvalue weighted by Gasteiger charge is 2.39. The molecule has 0 radical (unpaired) electrons. The molecule has 1 saturated heterocycles. The van der Waals surface area contributed by atoms with E-state index in [1.807, 2.05) is 0 Å². The van der Waals surface area contributed by atoms with Gasteiger partial charge >= 0.3 is 0 Å². The van der Waals surface area contributed by atoms with Crippen molar-refractivity contribution in [2.75, 3.05) is 20.1 Å². The van der Waals surface area contributed by atoms with Gasteiger partial charge in [0.1, 0.15) is 0 Å². The summed E-state index contributed by atoms with van der Waals surface area (Å²) in [6.07, 6.45) is 7.12. The van der Waals surface area contributed by atoms with Crippen LogP contribution in [-0.4, -0.2) is 37.1 Å². The molecule has 2 rings (SSSR count). The van der Waals surface area contributed by atoms with Gasteiger partial charge in [0.2, 0.25) is 0 Å². The fraction of sp³-hybridized carbons (Fsp3) is 1.00. The molecule has 1 spiro atoms. The third kappa shape index (κ3) is 2.73. The van der Waals surface area contributed by atoms with Crippen molar-refractivity contribution >= 4 is 0 Å². The number of hydrogen-bond acceptors (Lipinski definition) is 2. The van der Waals surface area contributed by atoms with Crippen LogP contribution in [0.3, 0.4) is 0 Å². The molecular weight excluding hydrogens is 184 g/mol. The van der Waals surface area contributed by atoms with Crippen molar-refractivity contribution in [2.24, 2.45) is 5.41 Å². The molecule has 1 saturated carbocycles. The molecular formula is C13H26N2. The van der Waals surface area contributed by atoms with E-state index in [1.54, 1.807) is 0 Å². The summed E-state index contributed by atoms with van der Waals surface area (Å²) in [6.45, 7) is 7.19. The van der Waals surface area contributed by atoms with Crippen LogP contribution in [-0.2, 0) is 0 Å². The highest BCUT2D eigenvalue weighted by molar-refractivity contribution is 4.94. The van der Waals surface area contributed by atoms with Gasteiger partial charge in [0, 0.05) is 18.6 Å². The van der Waals surface area contributed by atoms with E-state index in [4.69, 9.17) is 0 Å². The predicted octanol–water partition coefficient (Wildman–Crippen LogP) is 2.25. The lowest BCUT2D eigenvalue weighted by molar-refractivity contribution is 0.165. The van der Waals surface area contributed by atoms with E-state index in [2.05, 4.69) is 31.1 Å². The van der Waals surface area contributed by atoms with Crippen LogP contribution in [0.5, 0.6) is 0 Å². The first kappa shape index (κ1) is 11.4. The van der Waals surface area contributed by atoms with Gasteiger partial charge in [-0.15, -0.1) is 0 Å². The Morgan fingerprint density at radius 2 is 1.87 bits per heavy atom. The lowest BCUT2D eigenvalue weighted by atomic mass is 9.72. The Bertz CT molecular complexity index is 205. The molecule has 1 aliphatic heterocycles. The van der Waals surface area contributed by atoms with E-state index >= 15 is 0 Å². The standard InChI is InChI=1S/C13H26N2/c1-11(2)14-12-4-6-13(7-5-12)8-9-15(3)10-13/h11-12,14H,4-10H2,1-3H3. The van der Waals surface area contributed by atoms with E-state index in [0.29, 0.717) is 11.5 Å². The SMILES string of the molecule is CC(C)NC1CCC2(CC1)CCN(C)C2. The van der Waals surface area contributed by atoms with Crippen LogP contribution in [0.2, 0.25) is 0 Å². The van der Waals surface area contributed by atoms with Crippen LogP contribution in [0, 0.1) is 5.41 Å². The maximum absolute atomic E-state index is 3.69. The average molecular weight is 210 g/mol.